The first-order valence-corrected chi connectivity index (χ1v) is 10.4. The molecule has 4 nitrogen and oxygen atoms in total. The minimum Gasteiger partial charge on any atom is -0.481 e. The molecule has 0 bridgehead atoms. The van der Waals surface area contributed by atoms with Crippen molar-refractivity contribution in [1.29, 1.82) is 0 Å². The molecule has 29 heavy (non-hydrogen) atoms. The van der Waals surface area contributed by atoms with Crippen LogP contribution < -0.4 is 4.74 Å². The molecule has 1 heterocycles. The lowest BCUT2D eigenvalue weighted by molar-refractivity contribution is -0.123. The molecule has 2 aromatic rings. The van der Waals surface area contributed by atoms with Crippen molar-refractivity contribution >= 4 is 34.6 Å². The summed E-state index contributed by atoms with van der Waals surface area (Å²) >= 11 is 1.41. The molecule has 0 radical (unpaired) electrons. The van der Waals surface area contributed by atoms with Gasteiger partial charge in [-0.3, -0.25) is 9.69 Å². The van der Waals surface area contributed by atoms with Crippen LogP contribution in [0.2, 0.25) is 0 Å². The molecular weight excluding hydrogens is 380 g/mol. The smallest absolute Gasteiger partial charge is 0.266 e. The van der Waals surface area contributed by atoms with Gasteiger partial charge in [-0.15, -0.1) is 6.42 Å². The molecule has 0 unspecified atom stereocenters. The summed E-state index contributed by atoms with van der Waals surface area (Å²) in [6, 6.07) is 15.6. The molecule has 0 saturated carbocycles. The van der Waals surface area contributed by atoms with Crippen LogP contribution in [0.25, 0.3) is 6.08 Å². The number of amides is 1. The Morgan fingerprint density at radius 2 is 1.90 bits per heavy atom. The van der Waals surface area contributed by atoms with Crippen LogP contribution in [0.5, 0.6) is 5.75 Å². The molecule has 0 aromatic heterocycles. The molecular formula is C24H24N2O2S. The van der Waals surface area contributed by atoms with E-state index in [2.05, 4.69) is 12.8 Å². The zero-order valence-electron chi connectivity index (χ0n) is 16.9. The van der Waals surface area contributed by atoms with E-state index in [4.69, 9.17) is 16.2 Å². The summed E-state index contributed by atoms with van der Waals surface area (Å²) in [4.78, 5) is 20.3. The molecule has 1 aliphatic heterocycles. The van der Waals surface area contributed by atoms with Crippen molar-refractivity contribution < 1.29 is 9.53 Å². The van der Waals surface area contributed by atoms with Gasteiger partial charge in [-0.2, -0.15) is 0 Å². The number of rotatable bonds is 6. The highest BCUT2D eigenvalue weighted by Crippen LogP contribution is 2.36. The molecule has 0 aliphatic carbocycles. The van der Waals surface area contributed by atoms with Gasteiger partial charge in [-0.05, 0) is 67.9 Å². The van der Waals surface area contributed by atoms with E-state index in [1.54, 1.807) is 4.90 Å². The number of terminal acetylenes is 1. The van der Waals surface area contributed by atoms with Crippen molar-refractivity contribution in [2.45, 2.75) is 33.2 Å². The summed E-state index contributed by atoms with van der Waals surface area (Å²) in [6.07, 6.45) is 7.96. The van der Waals surface area contributed by atoms with E-state index in [1.807, 2.05) is 68.5 Å². The molecule has 2 aromatic carbocycles. The van der Waals surface area contributed by atoms with Gasteiger partial charge in [0.05, 0.1) is 10.6 Å². The largest absolute Gasteiger partial charge is 0.481 e. The molecule has 3 rings (SSSR count). The van der Waals surface area contributed by atoms with Gasteiger partial charge in [0, 0.05) is 6.04 Å². The highest BCUT2D eigenvalue weighted by Gasteiger charge is 2.36. The first-order valence-electron chi connectivity index (χ1n) is 9.56. The molecule has 148 valence electrons. The van der Waals surface area contributed by atoms with Crippen molar-refractivity contribution in [1.82, 2.24) is 4.90 Å². The molecule has 0 spiro atoms. The lowest BCUT2D eigenvalue weighted by Gasteiger charge is -2.22. The number of amidine groups is 1. The lowest BCUT2D eigenvalue weighted by Crippen LogP contribution is -2.36. The topological polar surface area (TPSA) is 41.9 Å². The molecule has 1 saturated heterocycles. The highest BCUT2D eigenvalue weighted by atomic mass is 32.2. The zero-order chi connectivity index (χ0) is 20.8. The predicted octanol–water partition coefficient (Wildman–Crippen LogP) is 5.41. The zero-order valence-corrected chi connectivity index (χ0v) is 17.7. The number of hydrogen-bond donors (Lipinski definition) is 0. The van der Waals surface area contributed by atoms with Gasteiger partial charge in [0.2, 0.25) is 0 Å². The standard InChI is InChI=1S/C24H24N2O2S/c1-5-15-28-21-13-9-19(10-14-21)16-22-23(27)26(18(4)6-2)24(29-22)25-20-11-7-17(3)8-12-20/h1,7-14,16,18H,6,15H2,2-4H3/b22-16+,25-24?/t18-/m1/s1. The second-order valence-corrected chi connectivity index (χ2v) is 7.84. The van der Waals surface area contributed by atoms with Crippen LogP contribution in [0.4, 0.5) is 5.69 Å². The Balaban J connectivity index is 1.88. The van der Waals surface area contributed by atoms with Gasteiger partial charge < -0.3 is 4.74 Å². The van der Waals surface area contributed by atoms with E-state index in [9.17, 15) is 4.79 Å². The summed E-state index contributed by atoms with van der Waals surface area (Å²) in [6.45, 7) is 6.39. The molecule has 1 aliphatic rings. The van der Waals surface area contributed by atoms with E-state index in [-0.39, 0.29) is 18.6 Å². The third-order valence-corrected chi connectivity index (χ3v) is 5.61. The molecule has 1 fully saturated rings. The summed E-state index contributed by atoms with van der Waals surface area (Å²) in [7, 11) is 0. The number of benzene rings is 2. The number of carbonyl (C=O) groups is 1. The molecule has 1 atom stereocenters. The van der Waals surface area contributed by atoms with E-state index in [1.165, 1.54) is 17.3 Å². The second-order valence-electron chi connectivity index (χ2n) is 6.83. The maximum atomic E-state index is 13.1. The normalized spacial score (nSPS) is 17.6. The van der Waals surface area contributed by atoms with Crippen LogP contribution in [0.1, 0.15) is 31.4 Å². The van der Waals surface area contributed by atoms with Gasteiger partial charge in [0.15, 0.2) is 5.17 Å². The molecule has 0 N–H and O–H groups in total. The fourth-order valence-electron chi connectivity index (χ4n) is 2.80. The lowest BCUT2D eigenvalue weighted by atomic mass is 10.2. The van der Waals surface area contributed by atoms with Crippen molar-refractivity contribution in [2.24, 2.45) is 4.99 Å². The monoisotopic (exact) mass is 404 g/mol. The van der Waals surface area contributed by atoms with Crippen molar-refractivity contribution in [2.75, 3.05) is 6.61 Å². The highest BCUT2D eigenvalue weighted by molar-refractivity contribution is 8.18. The first kappa shape index (κ1) is 20.8. The summed E-state index contributed by atoms with van der Waals surface area (Å²) < 4.78 is 5.40. The Hall–Kier alpha value is -2.97. The SMILES string of the molecule is C#CCOc1ccc(/C=C2/SC(=Nc3ccc(C)cc3)N([C@H](C)CC)C2=O)cc1. The Morgan fingerprint density at radius 3 is 2.52 bits per heavy atom. The Labute approximate surface area is 176 Å². The molecule has 1 amide bonds. The number of thioether (sulfide) groups is 1. The van der Waals surface area contributed by atoms with Crippen LogP contribution in [-0.2, 0) is 4.79 Å². The average molecular weight is 405 g/mol. The number of nitrogens with zero attached hydrogens (tertiary/aromatic N) is 2. The van der Waals surface area contributed by atoms with Crippen molar-refractivity contribution in [3.63, 3.8) is 0 Å². The number of aliphatic imine (C=N–C) groups is 1. The third-order valence-electron chi connectivity index (χ3n) is 4.63. The van der Waals surface area contributed by atoms with Crippen LogP contribution in [0.3, 0.4) is 0 Å². The summed E-state index contributed by atoms with van der Waals surface area (Å²) in [5.74, 6) is 3.14. The van der Waals surface area contributed by atoms with Gasteiger partial charge in [0.1, 0.15) is 12.4 Å². The Morgan fingerprint density at radius 1 is 1.21 bits per heavy atom. The number of aryl methyl sites for hydroxylation is 1. The van der Waals surface area contributed by atoms with E-state index in [0.29, 0.717) is 15.8 Å². The maximum absolute atomic E-state index is 13.1. The summed E-state index contributed by atoms with van der Waals surface area (Å²) in [5, 5.41) is 0.716. The fourth-order valence-corrected chi connectivity index (χ4v) is 3.89. The number of ether oxygens (including phenoxy) is 1. The minimum absolute atomic E-state index is 0.0112. The Bertz CT molecular complexity index is 969. The van der Waals surface area contributed by atoms with Gasteiger partial charge >= 0.3 is 0 Å². The van der Waals surface area contributed by atoms with Crippen molar-refractivity contribution in [3.8, 4) is 18.1 Å². The first-order chi connectivity index (χ1) is 14.0. The summed E-state index contributed by atoms with van der Waals surface area (Å²) in [5.41, 5.74) is 2.95. The average Bonchev–Trinajstić information content (AvgIpc) is 3.03. The fraction of sp³-hybridized carbons (Fsp3) is 0.250. The number of carbonyl (C=O) groups excluding carboxylic acids is 1. The van der Waals surface area contributed by atoms with E-state index >= 15 is 0 Å². The predicted molar refractivity (Wildman–Crippen MR) is 121 cm³/mol. The van der Waals surface area contributed by atoms with E-state index < -0.39 is 0 Å². The third kappa shape index (κ3) is 5.10. The van der Waals surface area contributed by atoms with Crippen LogP contribution in [-0.4, -0.2) is 28.6 Å². The van der Waals surface area contributed by atoms with E-state index in [0.717, 1.165) is 17.7 Å². The maximum Gasteiger partial charge on any atom is 0.266 e. The van der Waals surface area contributed by atoms with Gasteiger partial charge in [0.25, 0.3) is 5.91 Å². The van der Waals surface area contributed by atoms with Crippen LogP contribution in [0.15, 0.2) is 58.4 Å². The van der Waals surface area contributed by atoms with Crippen molar-refractivity contribution in [3.05, 3.63) is 64.6 Å². The second kappa shape index (κ2) is 9.49. The Kier molecular flexibility index (Phi) is 6.79. The van der Waals surface area contributed by atoms with Gasteiger partial charge in [-0.25, -0.2) is 4.99 Å². The van der Waals surface area contributed by atoms with Gasteiger partial charge in [-0.1, -0.05) is 42.7 Å². The minimum atomic E-state index is -0.0112. The number of hydrogen-bond acceptors (Lipinski definition) is 4. The quantitative estimate of drug-likeness (QED) is 0.477. The molecule has 5 heteroatoms. The van der Waals surface area contributed by atoms with Crippen LogP contribution >= 0.6 is 11.8 Å². The van der Waals surface area contributed by atoms with Crippen LogP contribution in [0, 0.1) is 19.3 Å².